The third-order valence-electron chi connectivity index (χ3n) is 5.30. The molecule has 174 valence electrons. The van der Waals surface area contributed by atoms with Gasteiger partial charge in [-0.05, 0) is 35.7 Å². The number of carbonyl (C=O) groups excluding carboxylic acids is 1. The third kappa shape index (κ3) is 5.98. The van der Waals surface area contributed by atoms with Crippen molar-refractivity contribution in [1.82, 2.24) is 0 Å². The number of aliphatic hydroxyl groups is 3. The number of rotatable bonds is 9. The van der Waals surface area contributed by atoms with Crippen molar-refractivity contribution in [3.63, 3.8) is 0 Å². The van der Waals surface area contributed by atoms with Gasteiger partial charge in [0, 0.05) is 12.8 Å². The van der Waals surface area contributed by atoms with Gasteiger partial charge < -0.3 is 34.3 Å². The monoisotopic (exact) mass is 446 g/mol. The zero-order chi connectivity index (χ0) is 23.1. The number of ether oxygens (including phenoxy) is 4. The minimum atomic E-state index is -1.52. The van der Waals surface area contributed by atoms with Gasteiger partial charge in [-0.2, -0.15) is 0 Å². The van der Waals surface area contributed by atoms with Crippen molar-refractivity contribution in [2.45, 2.75) is 56.9 Å². The molecule has 0 radical (unpaired) electrons. The summed E-state index contributed by atoms with van der Waals surface area (Å²) in [5.41, 5.74) is 1.88. The maximum absolute atomic E-state index is 11.7. The van der Waals surface area contributed by atoms with Crippen LogP contribution in [0.3, 0.4) is 0 Å². The molecule has 8 nitrogen and oxygen atoms in total. The van der Waals surface area contributed by atoms with Crippen LogP contribution >= 0.6 is 0 Å². The number of hydrogen-bond donors (Lipinski definition) is 3. The summed E-state index contributed by atoms with van der Waals surface area (Å²) < 4.78 is 21.9. The average Bonchev–Trinajstić information content (AvgIpc) is 2.80. The molecule has 0 aromatic heterocycles. The van der Waals surface area contributed by atoms with Crippen LogP contribution in [0.15, 0.2) is 48.5 Å². The molecule has 3 N–H and O–H groups in total. The van der Waals surface area contributed by atoms with Crippen molar-refractivity contribution in [2.75, 3.05) is 13.7 Å². The molecule has 0 amide bonds. The molecular formula is C24H30O8. The lowest BCUT2D eigenvalue weighted by molar-refractivity contribution is -0.278. The van der Waals surface area contributed by atoms with Crippen LogP contribution in [-0.4, -0.2) is 65.7 Å². The largest absolute Gasteiger partial charge is 0.497 e. The van der Waals surface area contributed by atoms with E-state index >= 15 is 0 Å². The summed E-state index contributed by atoms with van der Waals surface area (Å²) in [4.78, 5) is 11.7. The Hall–Kier alpha value is -2.65. The quantitative estimate of drug-likeness (QED) is 0.500. The van der Waals surface area contributed by atoms with Gasteiger partial charge in [-0.25, -0.2) is 0 Å². The fourth-order valence-corrected chi connectivity index (χ4v) is 3.46. The minimum Gasteiger partial charge on any atom is -0.497 e. The molecule has 1 aliphatic heterocycles. The Morgan fingerprint density at radius 1 is 1.00 bits per heavy atom. The second-order valence-corrected chi connectivity index (χ2v) is 7.70. The van der Waals surface area contributed by atoms with Crippen LogP contribution in [-0.2, 0) is 20.7 Å². The van der Waals surface area contributed by atoms with Crippen LogP contribution in [0.25, 0.3) is 0 Å². The van der Waals surface area contributed by atoms with E-state index in [2.05, 4.69) is 0 Å². The highest BCUT2D eigenvalue weighted by molar-refractivity contribution is 5.69. The van der Waals surface area contributed by atoms with Gasteiger partial charge in [-0.15, -0.1) is 0 Å². The number of esters is 1. The van der Waals surface area contributed by atoms with Gasteiger partial charge in [0.15, 0.2) is 0 Å². The van der Waals surface area contributed by atoms with E-state index < -0.39 is 36.7 Å². The van der Waals surface area contributed by atoms with Crippen LogP contribution < -0.4 is 9.47 Å². The molecule has 32 heavy (non-hydrogen) atoms. The first-order valence-corrected chi connectivity index (χ1v) is 10.7. The number of para-hydroxylation sites is 1. The standard InChI is InChI=1S/C24H30O8/c1-3-6-20(25)30-14-19-21(26)22(27)23(28)24(32-19)31-18-8-5-4-7-16(18)13-15-9-11-17(29-2)12-10-15/h4-5,7-12,19,21-24,26-28H,3,6,13-14H2,1-2H3/t19-,21-,22+,23-,24-/m1/s1. The van der Waals surface area contributed by atoms with Crippen LogP contribution in [0.5, 0.6) is 11.5 Å². The van der Waals surface area contributed by atoms with E-state index in [-0.39, 0.29) is 13.0 Å². The Kier molecular flexibility index (Phi) is 8.46. The maximum Gasteiger partial charge on any atom is 0.305 e. The van der Waals surface area contributed by atoms with Crippen LogP contribution in [0, 0.1) is 0 Å². The maximum atomic E-state index is 11.7. The van der Waals surface area contributed by atoms with Gasteiger partial charge in [0.25, 0.3) is 0 Å². The van der Waals surface area contributed by atoms with Crippen molar-refractivity contribution >= 4 is 5.97 Å². The van der Waals surface area contributed by atoms with E-state index in [1.54, 1.807) is 19.2 Å². The normalized spacial score (nSPS) is 25.2. The predicted octanol–water partition coefficient (Wildman–Crippen LogP) is 1.82. The molecule has 1 aliphatic rings. The van der Waals surface area contributed by atoms with Gasteiger partial charge in [0.05, 0.1) is 7.11 Å². The predicted molar refractivity (Wildman–Crippen MR) is 115 cm³/mol. The highest BCUT2D eigenvalue weighted by Gasteiger charge is 2.45. The van der Waals surface area contributed by atoms with Crippen LogP contribution in [0.4, 0.5) is 0 Å². The molecule has 0 unspecified atom stereocenters. The topological polar surface area (TPSA) is 115 Å². The lowest BCUT2D eigenvalue weighted by atomic mass is 9.99. The van der Waals surface area contributed by atoms with E-state index in [1.165, 1.54) is 0 Å². The second-order valence-electron chi connectivity index (χ2n) is 7.70. The highest BCUT2D eigenvalue weighted by atomic mass is 16.7. The van der Waals surface area contributed by atoms with E-state index in [1.807, 2.05) is 43.3 Å². The van der Waals surface area contributed by atoms with Crippen LogP contribution in [0.2, 0.25) is 0 Å². The van der Waals surface area contributed by atoms with Crippen molar-refractivity contribution in [2.24, 2.45) is 0 Å². The summed E-state index contributed by atoms with van der Waals surface area (Å²) in [6.07, 6.45) is -5.27. The van der Waals surface area contributed by atoms with Gasteiger partial charge >= 0.3 is 5.97 Å². The van der Waals surface area contributed by atoms with Crippen LogP contribution in [0.1, 0.15) is 30.9 Å². The molecule has 0 saturated carbocycles. The molecular weight excluding hydrogens is 416 g/mol. The lowest BCUT2D eigenvalue weighted by Gasteiger charge is -2.40. The number of hydrogen-bond acceptors (Lipinski definition) is 8. The van der Waals surface area contributed by atoms with Crippen molar-refractivity contribution in [1.29, 1.82) is 0 Å². The summed E-state index contributed by atoms with van der Waals surface area (Å²) in [6, 6.07) is 14.9. The summed E-state index contributed by atoms with van der Waals surface area (Å²) in [5.74, 6) is 0.805. The fourth-order valence-electron chi connectivity index (χ4n) is 3.46. The minimum absolute atomic E-state index is 0.243. The Bertz CT molecular complexity index is 869. The first-order valence-electron chi connectivity index (χ1n) is 10.7. The van der Waals surface area contributed by atoms with E-state index in [9.17, 15) is 20.1 Å². The Labute approximate surface area is 187 Å². The van der Waals surface area contributed by atoms with Gasteiger partial charge in [0.2, 0.25) is 6.29 Å². The van der Waals surface area contributed by atoms with Gasteiger partial charge in [0.1, 0.15) is 42.5 Å². The summed E-state index contributed by atoms with van der Waals surface area (Å²) >= 11 is 0. The van der Waals surface area contributed by atoms with Crippen molar-refractivity contribution in [3.05, 3.63) is 59.7 Å². The van der Waals surface area contributed by atoms with Gasteiger partial charge in [-0.3, -0.25) is 4.79 Å². The highest BCUT2D eigenvalue weighted by Crippen LogP contribution is 2.28. The number of aliphatic hydroxyl groups excluding tert-OH is 3. The number of benzene rings is 2. The molecule has 5 atom stereocenters. The van der Waals surface area contributed by atoms with E-state index in [4.69, 9.17) is 18.9 Å². The third-order valence-corrected chi connectivity index (χ3v) is 5.30. The summed E-state index contributed by atoms with van der Waals surface area (Å²) in [5, 5.41) is 30.9. The van der Waals surface area contributed by atoms with E-state index in [0.717, 1.165) is 16.9 Å². The van der Waals surface area contributed by atoms with Crippen molar-refractivity contribution < 1.29 is 39.1 Å². The second kappa shape index (κ2) is 11.3. The fraction of sp³-hybridized carbons (Fsp3) is 0.458. The Morgan fingerprint density at radius 2 is 1.72 bits per heavy atom. The van der Waals surface area contributed by atoms with Gasteiger partial charge in [-0.1, -0.05) is 37.3 Å². The lowest BCUT2D eigenvalue weighted by Crippen LogP contribution is -2.60. The SMILES string of the molecule is CCCC(=O)OC[C@H]1O[C@@H](Oc2ccccc2Cc2ccc(OC)cc2)[C@H](O)[C@@H](O)[C@@H]1O. The zero-order valence-electron chi connectivity index (χ0n) is 18.2. The summed E-state index contributed by atoms with van der Waals surface area (Å²) in [7, 11) is 1.61. The number of methoxy groups -OCH3 is 1. The molecule has 0 spiro atoms. The molecule has 0 bridgehead atoms. The molecule has 8 heteroatoms. The zero-order valence-corrected chi connectivity index (χ0v) is 18.2. The molecule has 3 rings (SSSR count). The molecule has 2 aromatic rings. The average molecular weight is 446 g/mol. The molecule has 1 heterocycles. The molecule has 2 aromatic carbocycles. The smallest absolute Gasteiger partial charge is 0.305 e. The van der Waals surface area contributed by atoms with E-state index in [0.29, 0.717) is 18.6 Å². The Balaban J connectivity index is 1.71. The first kappa shape index (κ1) is 24.0. The number of carbonyl (C=O) groups is 1. The summed E-state index contributed by atoms with van der Waals surface area (Å²) in [6.45, 7) is 1.59. The molecule has 1 saturated heterocycles. The molecule has 0 aliphatic carbocycles. The van der Waals surface area contributed by atoms with Crippen molar-refractivity contribution in [3.8, 4) is 11.5 Å². The Morgan fingerprint density at radius 3 is 2.41 bits per heavy atom. The first-order chi connectivity index (χ1) is 15.4. The molecule has 1 fully saturated rings.